The van der Waals surface area contributed by atoms with E-state index in [2.05, 4.69) is 11.3 Å². The predicted molar refractivity (Wildman–Crippen MR) is 52.7 cm³/mol. The van der Waals surface area contributed by atoms with Crippen LogP contribution in [0.25, 0.3) is 5.57 Å². The van der Waals surface area contributed by atoms with Crippen LogP contribution < -0.4 is 4.74 Å². The Morgan fingerprint density at radius 3 is 2.20 bits per heavy atom. The molecule has 4 heteroatoms. The maximum atomic E-state index is 11.8. The van der Waals surface area contributed by atoms with Gasteiger partial charge >= 0.3 is 6.18 Å². The third-order valence-electron chi connectivity index (χ3n) is 1.75. The number of ether oxygens (including phenoxy) is 1. The molecule has 0 atom stereocenters. The van der Waals surface area contributed by atoms with Crippen LogP contribution in [0.2, 0.25) is 0 Å². The molecule has 0 N–H and O–H groups in total. The van der Waals surface area contributed by atoms with Crippen molar-refractivity contribution in [2.75, 3.05) is 6.61 Å². The molecule has 15 heavy (non-hydrogen) atoms. The average Bonchev–Trinajstić information content (AvgIpc) is 2.14. The molecule has 1 rings (SSSR count). The van der Waals surface area contributed by atoms with Gasteiger partial charge in [-0.3, -0.25) is 0 Å². The summed E-state index contributed by atoms with van der Waals surface area (Å²) in [5.74, 6) is 0.206. The zero-order valence-corrected chi connectivity index (χ0v) is 8.27. The molecule has 0 saturated carbocycles. The van der Waals surface area contributed by atoms with Gasteiger partial charge in [0.05, 0.1) is 0 Å². The first-order valence-corrected chi connectivity index (χ1v) is 4.34. The molecular formula is C11H11F3O. The summed E-state index contributed by atoms with van der Waals surface area (Å²) in [7, 11) is 0. The van der Waals surface area contributed by atoms with Crippen LogP contribution in [0.1, 0.15) is 12.5 Å². The zero-order valence-electron chi connectivity index (χ0n) is 8.27. The highest BCUT2D eigenvalue weighted by Crippen LogP contribution is 2.20. The summed E-state index contributed by atoms with van der Waals surface area (Å²) < 4.78 is 40.0. The van der Waals surface area contributed by atoms with Gasteiger partial charge in [0.25, 0.3) is 0 Å². The Hall–Kier alpha value is -1.45. The summed E-state index contributed by atoms with van der Waals surface area (Å²) in [5, 5.41) is 0. The minimum atomic E-state index is -4.30. The molecule has 0 aliphatic heterocycles. The van der Waals surface area contributed by atoms with E-state index >= 15 is 0 Å². The molecule has 0 aromatic heterocycles. The van der Waals surface area contributed by atoms with E-state index in [1.165, 1.54) is 12.1 Å². The van der Waals surface area contributed by atoms with Gasteiger partial charge < -0.3 is 4.74 Å². The smallest absolute Gasteiger partial charge is 0.422 e. The monoisotopic (exact) mass is 216 g/mol. The minimum Gasteiger partial charge on any atom is -0.484 e. The summed E-state index contributed by atoms with van der Waals surface area (Å²) in [6.07, 6.45) is -4.30. The lowest BCUT2D eigenvalue weighted by Crippen LogP contribution is -2.19. The molecule has 1 aromatic rings. The quantitative estimate of drug-likeness (QED) is 0.749. The van der Waals surface area contributed by atoms with E-state index in [-0.39, 0.29) is 5.75 Å². The maximum Gasteiger partial charge on any atom is 0.422 e. The molecule has 82 valence electrons. The number of rotatable bonds is 3. The minimum absolute atomic E-state index is 0.206. The van der Waals surface area contributed by atoms with E-state index in [0.29, 0.717) is 0 Å². The SMILES string of the molecule is C=C(C)c1ccc(OCC(F)(F)F)cc1. The lowest BCUT2D eigenvalue weighted by atomic mass is 10.1. The lowest BCUT2D eigenvalue weighted by Gasteiger charge is -2.09. The van der Waals surface area contributed by atoms with Crippen LogP contribution in [-0.2, 0) is 0 Å². The number of benzene rings is 1. The van der Waals surface area contributed by atoms with Gasteiger partial charge in [0, 0.05) is 0 Å². The standard InChI is InChI=1S/C11H11F3O/c1-8(2)9-3-5-10(6-4-9)15-7-11(12,13)14/h3-6H,1,7H2,2H3. The van der Waals surface area contributed by atoms with E-state index in [1.807, 2.05) is 6.92 Å². The molecule has 0 aliphatic carbocycles. The van der Waals surface area contributed by atoms with Crippen molar-refractivity contribution in [1.29, 1.82) is 0 Å². The molecule has 0 unspecified atom stereocenters. The summed E-state index contributed by atoms with van der Waals surface area (Å²) in [4.78, 5) is 0. The fourth-order valence-electron chi connectivity index (χ4n) is 1.00. The van der Waals surface area contributed by atoms with Gasteiger partial charge in [0.1, 0.15) is 5.75 Å². The van der Waals surface area contributed by atoms with E-state index in [9.17, 15) is 13.2 Å². The van der Waals surface area contributed by atoms with Gasteiger partial charge in [-0.25, -0.2) is 0 Å². The number of halogens is 3. The highest BCUT2D eigenvalue weighted by atomic mass is 19.4. The maximum absolute atomic E-state index is 11.8. The molecule has 0 heterocycles. The van der Waals surface area contributed by atoms with Crippen molar-refractivity contribution in [2.24, 2.45) is 0 Å². The molecule has 1 aromatic carbocycles. The highest BCUT2D eigenvalue weighted by molar-refractivity contribution is 5.61. The lowest BCUT2D eigenvalue weighted by molar-refractivity contribution is -0.153. The predicted octanol–water partition coefficient (Wildman–Crippen LogP) is 3.66. The van der Waals surface area contributed by atoms with Gasteiger partial charge in [-0.2, -0.15) is 13.2 Å². The number of hydrogen-bond donors (Lipinski definition) is 0. The highest BCUT2D eigenvalue weighted by Gasteiger charge is 2.28. The van der Waals surface area contributed by atoms with Gasteiger partial charge in [-0.05, 0) is 24.6 Å². The molecule has 1 nitrogen and oxygen atoms in total. The van der Waals surface area contributed by atoms with Crippen LogP contribution in [-0.4, -0.2) is 12.8 Å². The molecule has 0 amide bonds. The average molecular weight is 216 g/mol. The van der Waals surface area contributed by atoms with Crippen LogP contribution in [0, 0.1) is 0 Å². The Kier molecular flexibility index (Phi) is 3.39. The van der Waals surface area contributed by atoms with E-state index in [1.54, 1.807) is 12.1 Å². The first-order chi connectivity index (χ1) is 6.88. The number of alkyl halides is 3. The molecule has 0 spiro atoms. The van der Waals surface area contributed by atoms with E-state index < -0.39 is 12.8 Å². The van der Waals surface area contributed by atoms with E-state index in [0.717, 1.165) is 11.1 Å². The molecule has 0 aliphatic rings. The van der Waals surface area contributed by atoms with Crippen molar-refractivity contribution in [3.63, 3.8) is 0 Å². The summed E-state index contributed by atoms with van der Waals surface area (Å²) in [5.41, 5.74) is 1.74. The van der Waals surface area contributed by atoms with Crippen LogP contribution >= 0.6 is 0 Å². The molecule has 0 radical (unpaired) electrons. The third-order valence-corrected chi connectivity index (χ3v) is 1.75. The normalized spacial score (nSPS) is 11.2. The van der Waals surface area contributed by atoms with Gasteiger partial charge in [-0.15, -0.1) is 0 Å². The Labute approximate surface area is 86.2 Å². The number of allylic oxidation sites excluding steroid dienone is 1. The van der Waals surface area contributed by atoms with Crippen molar-refractivity contribution in [3.8, 4) is 5.75 Å². The van der Waals surface area contributed by atoms with Gasteiger partial charge in [-0.1, -0.05) is 24.3 Å². The van der Waals surface area contributed by atoms with Crippen LogP contribution in [0.3, 0.4) is 0 Å². The Bertz CT molecular complexity index is 338. The fraction of sp³-hybridized carbons (Fsp3) is 0.273. The third kappa shape index (κ3) is 4.06. The Morgan fingerprint density at radius 1 is 1.27 bits per heavy atom. The van der Waals surface area contributed by atoms with Gasteiger partial charge in [0.15, 0.2) is 6.61 Å². The second-order valence-electron chi connectivity index (χ2n) is 3.21. The first-order valence-electron chi connectivity index (χ1n) is 4.34. The number of hydrogen-bond acceptors (Lipinski definition) is 1. The van der Waals surface area contributed by atoms with Crippen molar-refractivity contribution < 1.29 is 17.9 Å². The summed E-state index contributed by atoms with van der Waals surface area (Å²) in [6, 6.07) is 6.34. The van der Waals surface area contributed by atoms with Crippen molar-refractivity contribution in [1.82, 2.24) is 0 Å². The van der Waals surface area contributed by atoms with Crippen LogP contribution in [0.15, 0.2) is 30.8 Å². The summed E-state index contributed by atoms with van der Waals surface area (Å²) in [6.45, 7) is 4.28. The molecule has 0 fully saturated rings. The van der Waals surface area contributed by atoms with Crippen molar-refractivity contribution in [3.05, 3.63) is 36.4 Å². The fourth-order valence-corrected chi connectivity index (χ4v) is 1.00. The molecule has 0 bridgehead atoms. The zero-order chi connectivity index (χ0) is 11.5. The Morgan fingerprint density at radius 2 is 1.80 bits per heavy atom. The van der Waals surface area contributed by atoms with Gasteiger partial charge in [0.2, 0.25) is 0 Å². The van der Waals surface area contributed by atoms with E-state index in [4.69, 9.17) is 0 Å². The Balaban J connectivity index is 2.61. The topological polar surface area (TPSA) is 9.23 Å². The van der Waals surface area contributed by atoms with Crippen LogP contribution in [0.5, 0.6) is 5.75 Å². The second-order valence-corrected chi connectivity index (χ2v) is 3.21. The largest absolute Gasteiger partial charge is 0.484 e. The van der Waals surface area contributed by atoms with Crippen molar-refractivity contribution >= 4 is 5.57 Å². The first kappa shape index (κ1) is 11.6. The van der Waals surface area contributed by atoms with Crippen molar-refractivity contribution in [2.45, 2.75) is 13.1 Å². The molecular weight excluding hydrogens is 205 g/mol. The summed E-state index contributed by atoms with van der Waals surface area (Å²) >= 11 is 0. The van der Waals surface area contributed by atoms with Crippen LogP contribution in [0.4, 0.5) is 13.2 Å². The second kappa shape index (κ2) is 4.38. The molecule has 0 saturated heterocycles.